The summed E-state index contributed by atoms with van der Waals surface area (Å²) in [5.74, 6) is 0.350. The smallest absolute Gasteiger partial charge is 0.250 e. The van der Waals surface area contributed by atoms with Crippen molar-refractivity contribution in [3.63, 3.8) is 0 Å². The van der Waals surface area contributed by atoms with E-state index in [4.69, 9.17) is 0 Å². The maximum Gasteiger partial charge on any atom is 0.250 e. The Labute approximate surface area is 74.4 Å². The predicted molar refractivity (Wildman–Crippen MR) is 51.8 cm³/mol. The second kappa shape index (κ2) is 4.75. The molecular weight excluding hydrogens is 150 g/mol. The Morgan fingerprint density at radius 2 is 1.92 bits per heavy atom. The zero-order chi connectivity index (χ0) is 9.72. The SMILES string of the molecule is C=C(C)C(=C)C(=O)NCC(C)C. The molecule has 0 aliphatic rings. The number of hydrogen-bond donors (Lipinski definition) is 1. The average Bonchev–Trinajstić information content (AvgIpc) is 1.98. The quantitative estimate of drug-likeness (QED) is 0.503. The summed E-state index contributed by atoms with van der Waals surface area (Å²) < 4.78 is 0. The summed E-state index contributed by atoms with van der Waals surface area (Å²) >= 11 is 0. The Morgan fingerprint density at radius 3 is 2.25 bits per heavy atom. The van der Waals surface area contributed by atoms with Gasteiger partial charge in [-0.25, -0.2) is 0 Å². The predicted octanol–water partition coefficient (Wildman–Crippen LogP) is 1.89. The first kappa shape index (κ1) is 11.0. The van der Waals surface area contributed by atoms with Crippen LogP contribution in [-0.2, 0) is 4.79 Å². The van der Waals surface area contributed by atoms with E-state index in [0.29, 0.717) is 18.0 Å². The molecule has 12 heavy (non-hydrogen) atoms. The highest BCUT2D eigenvalue weighted by Gasteiger charge is 2.06. The van der Waals surface area contributed by atoms with E-state index in [0.717, 1.165) is 5.57 Å². The molecule has 68 valence electrons. The highest BCUT2D eigenvalue weighted by molar-refractivity contribution is 5.96. The van der Waals surface area contributed by atoms with Crippen LogP contribution in [0, 0.1) is 5.92 Å². The van der Waals surface area contributed by atoms with E-state index in [-0.39, 0.29) is 5.91 Å². The van der Waals surface area contributed by atoms with Crippen molar-refractivity contribution in [3.05, 3.63) is 24.3 Å². The van der Waals surface area contributed by atoms with E-state index in [9.17, 15) is 4.79 Å². The standard InChI is InChI=1S/C10H17NO/c1-7(2)6-11-10(12)9(5)8(3)4/h7H,3,5-6H2,1-2,4H3,(H,11,12). The monoisotopic (exact) mass is 167 g/mol. The topological polar surface area (TPSA) is 29.1 Å². The zero-order valence-electron chi connectivity index (χ0n) is 8.11. The van der Waals surface area contributed by atoms with Crippen LogP contribution < -0.4 is 5.32 Å². The molecular formula is C10H17NO. The second-order valence-electron chi connectivity index (χ2n) is 3.36. The number of carbonyl (C=O) groups is 1. The first-order valence-corrected chi connectivity index (χ1v) is 4.08. The van der Waals surface area contributed by atoms with Crippen molar-refractivity contribution in [1.82, 2.24) is 5.32 Å². The molecule has 0 aromatic rings. The van der Waals surface area contributed by atoms with Gasteiger partial charge in [0.05, 0.1) is 0 Å². The Balaban J connectivity index is 3.89. The normalized spacial score (nSPS) is 9.67. The van der Waals surface area contributed by atoms with Crippen molar-refractivity contribution in [2.24, 2.45) is 5.92 Å². The largest absolute Gasteiger partial charge is 0.352 e. The third-order valence-electron chi connectivity index (χ3n) is 1.46. The van der Waals surface area contributed by atoms with E-state index in [1.165, 1.54) is 0 Å². The molecule has 0 spiro atoms. The van der Waals surface area contributed by atoms with Crippen molar-refractivity contribution >= 4 is 5.91 Å². The summed E-state index contributed by atoms with van der Waals surface area (Å²) in [4.78, 5) is 11.2. The van der Waals surface area contributed by atoms with Crippen molar-refractivity contribution in [3.8, 4) is 0 Å². The van der Waals surface area contributed by atoms with Gasteiger partial charge in [0.2, 0.25) is 0 Å². The van der Waals surface area contributed by atoms with Crippen molar-refractivity contribution in [2.75, 3.05) is 6.54 Å². The van der Waals surface area contributed by atoms with Gasteiger partial charge in [-0.1, -0.05) is 27.0 Å². The van der Waals surface area contributed by atoms with Gasteiger partial charge in [0.1, 0.15) is 0 Å². The lowest BCUT2D eigenvalue weighted by atomic mass is 10.1. The molecule has 2 heteroatoms. The van der Waals surface area contributed by atoms with E-state index in [2.05, 4.69) is 18.5 Å². The molecule has 0 unspecified atom stereocenters. The first-order chi connectivity index (χ1) is 5.45. The minimum absolute atomic E-state index is 0.115. The summed E-state index contributed by atoms with van der Waals surface area (Å²) in [6, 6.07) is 0. The third kappa shape index (κ3) is 3.96. The lowest BCUT2D eigenvalue weighted by Crippen LogP contribution is -2.28. The van der Waals surface area contributed by atoms with E-state index < -0.39 is 0 Å². The molecule has 0 radical (unpaired) electrons. The Bertz CT molecular complexity index is 204. The summed E-state index contributed by atoms with van der Waals surface area (Å²) in [5.41, 5.74) is 1.19. The zero-order valence-corrected chi connectivity index (χ0v) is 8.11. The Hall–Kier alpha value is -1.05. The van der Waals surface area contributed by atoms with Crippen molar-refractivity contribution < 1.29 is 4.79 Å². The molecule has 0 aliphatic carbocycles. The fourth-order valence-corrected chi connectivity index (χ4v) is 0.597. The molecule has 0 atom stereocenters. The van der Waals surface area contributed by atoms with Gasteiger partial charge in [-0.05, 0) is 18.4 Å². The molecule has 0 aromatic carbocycles. The third-order valence-corrected chi connectivity index (χ3v) is 1.46. The van der Waals surface area contributed by atoms with Crippen LogP contribution in [0.5, 0.6) is 0 Å². The van der Waals surface area contributed by atoms with Crippen LogP contribution in [0.4, 0.5) is 0 Å². The van der Waals surface area contributed by atoms with Gasteiger partial charge in [-0.3, -0.25) is 4.79 Å². The van der Waals surface area contributed by atoms with E-state index in [1.807, 2.05) is 13.8 Å². The van der Waals surface area contributed by atoms with Crippen LogP contribution in [0.3, 0.4) is 0 Å². The first-order valence-electron chi connectivity index (χ1n) is 4.08. The summed E-state index contributed by atoms with van der Waals surface area (Å²) in [6.07, 6.45) is 0. The Morgan fingerprint density at radius 1 is 1.42 bits per heavy atom. The van der Waals surface area contributed by atoms with Crippen LogP contribution >= 0.6 is 0 Å². The molecule has 0 saturated carbocycles. The molecule has 0 saturated heterocycles. The molecule has 2 nitrogen and oxygen atoms in total. The minimum atomic E-state index is -0.115. The van der Waals surface area contributed by atoms with Gasteiger partial charge in [0, 0.05) is 12.1 Å². The van der Waals surface area contributed by atoms with Gasteiger partial charge in [0.25, 0.3) is 5.91 Å². The number of amides is 1. The van der Waals surface area contributed by atoms with Crippen LogP contribution in [0.25, 0.3) is 0 Å². The number of rotatable bonds is 4. The number of carbonyl (C=O) groups excluding carboxylic acids is 1. The molecule has 0 heterocycles. The lowest BCUT2D eigenvalue weighted by Gasteiger charge is -2.08. The van der Waals surface area contributed by atoms with Gasteiger partial charge >= 0.3 is 0 Å². The van der Waals surface area contributed by atoms with Gasteiger partial charge in [-0.15, -0.1) is 0 Å². The molecule has 0 fully saturated rings. The summed E-state index contributed by atoms with van der Waals surface area (Å²) in [5, 5.41) is 2.76. The maximum atomic E-state index is 11.2. The fraction of sp³-hybridized carbons (Fsp3) is 0.500. The molecule has 0 bridgehead atoms. The lowest BCUT2D eigenvalue weighted by molar-refractivity contribution is -0.117. The van der Waals surface area contributed by atoms with Crippen LogP contribution in [-0.4, -0.2) is 12.5 Å². The van der Waals surface area contributed by atoms with E-state index in [1.54, 1.807) is 6.92 Å². The summed E-state index contributed by atoms with van der Waals surface area (Å²) in [6.45, 7) is 13.8. The number of hydrogen-bond acceptors (Lipinski definition) is 1. The molecule has 1 amide bonds. The summed E-state index contributed by atoms with van der Waals surface area (Å²) in [7, 11) is 0. The highest BCUT2D eigenvalue weighted by Crippen LogP contribution is 2.02. The number of nitrogens with one attached hydrogen (secondary N) is 1. The fourth-order valence-electron chi connectivity index (χ4n) is 0.597. The van der Waals surface area contributed by atoms with Gasteiger partial charge < -0.3 is 5.32 Å². The van der Waals surface area contributed by atoms with Gasteiger partial charge in [0.15, 0.2) is 0 Å². The maximum absolute atomic E-state index is 11.2. The van der Waals surface area contributed by atoms with Gasteiger partial charge in [-0.2, -0.15) is 0 Å². The second-order valence-corrected chi connectivity index (χ2v) is 3.36. The molecule has 0 aromatic heterocycles. The molecule has 0 rings (SSSR count). The van der Waals surface area contributed by atoms with Crippen LogP contribution in [0.1, 0.15) is 20.8 Å². The molecule has 1 N–H and O–H groups in total. The average molecular weight is 167 g/mol. The van der Waals surface area contributed by atoms with Crippen molar-refractivity contribution in [2.45, 2.75) is 20.8 Å². The van der Waals surface area contributed by atoms with Crippen LogP contribution in [0.15, 0.2) is 24.3 Å². The molecule has 0 aliphatic heterocycles. The van der Waals surface area contributed by atoms with E-state index >= 15 is 0 Å². The van der Waals surface area contributed by atoms with Crippen LogP contribution in [0.2, 0.25) is 0 Å². The minimum Gasteiger partial charge on any atom is -0.352 e. The van der Waals surface area contributed by atoms with Crippen molar-refractivity contribution in [1.29, 1.82) is 0 Å². The highest BCUT2D eigenvalue weighted by atomic mass is 16.1. The Kier molecular flexibility index (Phi) is 4.34.